The van der Waals surface area contributed by atoms with Crippen LogP contribution in [0.15, 0.2) is 18.2 Å². The number of rotatable bonds is 9. The summed E-state index contributed by atoms with van der Waals surface area (Å²) in [5.41, 5.74) is 0. The minimum atomic E-state index is 0.484. The highest BCUT2D eigenvalue weighted by molar-refractivity contribution is 5.47. The summed E-state index contributed by atoms with van der Waals surface area (Å²) in [5.74, 6) is 1.76. The van der Waals surface area contributed by atoms with E-state index >= 15 is 0 Å². The minimum absolute atomic E-state index is 0.484. The summed E-state index contributed by atoms with van der Waals surface area (Å²) in [6.45, 7) is 5.06. The Labute approximate surface area is 115 Å². The maximum atomic E-state index is 8.72. The molecule has 0 radical (unpaired) electrons. The quantitative estimate of drug-likeness (QED) is 0.739. The van der Waals surface area contributed by atoms with Gasteiger partial charge in [0, 0.05) is 26.7 Å². The molecule has 0 aliphatic heterocycles. The second-order valence-corrected chi connectivity index (χ2v) is 4.20. The molecule has 0 bridgehead atoms. The average Bonchev–Trinajstić information content (AvgIpc) is 2.45. The number of pyridine rings is 1. The van der Waals surface area contributed by atoms with E-state index in [0.717, 1.165) is 31.1 Å². The van der Waals surface area contributed by atoms with Crippen LogP contribution in [-0.4, -0.2) is 38.3 Å². The first-order valence-electron chi connectivity index (χ1n) is 6.63. The number of aromatic nitrogens is 1. The summed E-state index contributed by atoms with van der Waals surface area (Å²) >= 11 is 0. The molecule has 0 aliphatic carbocycles. The van der Waals surface area contributed by atoms with Crippen molar-refractivity contribution in [1.29, 1.82) is 5.26 Å². The van der Waals surface area contributed by atoms with Crippen LogP contribution in [0.2, 0.25) is 0 Å². The first kappa shape index (κ1) is 15.3. The number of anilines is 2. The maximum Gasteiger partial charge on any atom is 0.131 e. The van der Waals surface area contributed by atoms with Gasteiger partial charge in [-0.1, -0.05) is 13.0 Å². The molecule has 0 fully saturated rings. The lowest BCUT2D eigenvalue weighted by atomic mass is 10.3. The molecule has 5 nitrogen and oxygen atoms in total. The van der Waals surface area contributed by atoms with Crippen molar-refractivity contribution in [2.24, 2.45) is 0 Å². The highest BCUT2D eigenvalue weighted by atomic mass is 16.5. The van der Waals surface area contributed by atoms with Gasteiger partial charge in [0.15, 0.2) is 0 Å². The number of ether oxygens (including phenoxy) is 1. The number of nitriles is 1. The normalized spacial score (nSPS) is 9.95. The molecule has 0 aliphatic rings. The maximum absolute atomic E-state index is 8.72. The van der Waals surface area contributed by atoms with Crippen molar-refractivity contribution in [3.8, 4) is 6.07 Å². The third-order valence-electron chi connectivity index (χ3n) is 2.67. The molecule has 5 heteroatoms. The molecule has 0 spiro atoms. The van der Waals surface area contributed by atoms with E-state index in [1.165, 1.54) is 0 Å². The molecule has 1 aromatic rings. The van der Waals surface area contributed by atoms with Crippen LogP contribution in [0, 0.1) is 11.3 Å². The molecule has 0 amide bonds. The average molecular weight is 262 g/mol. The van der Waals surface area contributed by atoms with Crippen LogP contribution in [-0.2, 0) is 4.74 Å². The topological polar surface area (TPSA) is 61.2 Å². The van der Waals surface area contributed by atoms with Crippen molar-refractivity contribution < 1.29 is 4.74 Å². The number of nitrogens with zero attached hydrogens (tertiary/aromatic N) is 3. The first-order valence-corrected chi connectivity index (χ1v) is 6.63. The predicted molar refractivity (Wildman–Crippen MR) is 77.3 cm³/mol. The predicted octanol–water partition coefficient (Wildman–Crippen LogP) is 2.27. The summed E-state index contributed by atoms with van der Waals surface area (Å²) in [7, 11) is 1.68. The van der Waals surface area contributed by atoms with Crippen LogP contribution in [0.4, 0.5) is 11.6 Å². The molecule has 0 aromatic carbocycles. The molecule has 1 rings (SSSR count). The smallest absolute Gasteiger partial charge is 0.131 e. The summed E-state index contributed by atoms with van der Waals surface area (Å²) in [6, 6.07) is 8.06. The number of hydrogen-bond acceptors (Lipinski definition) is 5. The fourth-order valence-corrected chi connectivity index (χ4v) is 1.68. The van der Waals surface area contributed by atoms with Crippen LogP contribution in [0.1, 0.15) is 19.8 Å². The lowest BCUT2D eigenvalue weighted by molar-refractivity contribution is 0.205. The number of nitrogens with one attached hydrogen (secondary N) is 1. The van der Waals surface area contributed by atoms with Crippen LogP contribution in [0.5, 0.6) is 0 Å². The summed E-state index contributed by atoms with van der Waals surface area (Å²) in [5, 5.41) is 12.0. The zero-order valence-electron chi connectivity index (χ0n) is 11.7. The third-order valence-corrected chi connectivity index (χ3v) is 2.67. The Hall–Kier alpha value is -1.80. The lowest BCUT2D eigenvalue weighted by Crippen LogP contribution is -2.29. The van der Waals surface area contributed by atoms with Crippen LogP contribution < -0.4 is 10.2 Å². The molecule has 1 heterocycles. The van der Waals surface area contributed by atoms with Crippen LogP contribution in [0.25, 0.3) is 0 Å². The Morgan fingerprint density at radius 1 is 1.42 bits per heavy atom. The van der Waals surface area contributed by atoms with E-state index in [1.54, 1.807) is 7.11 Å². The van der Waals surface area contributed by atoms with E-state index in [4.69, 9.17) is 10.00 Å². The Bertz CT molecular complexity index is 403. The van der Waals surface area contributed by atoms with Gasteiger partial charge >= 0.3 is 0 Å². The zero-order valence-corrected chi connectivity index (χ0v) is 11.7. The standard InChI is InChI=1S/C14H22N4O/c1-3-9-16-13-6-4-7-14(17-13)18(10-5-8-15)11-12-19-2/h4,6-7H,3,5,9-12H2,1-2H3,(H,16,17). The third kappa shape index (κ3) is 5.58. The molecule has 1 aromatic heterocycles. The van der Waals surface area contributed by atoms with Gasteiger partial charge < -0.3 is 15.0 Å². The van der Waals surface area contributed by atoms with Gasteiger partial charge in [0.05, 0.1) is 19.1 Å². The molecule has 0 unspecified atom stereocenters. The number of methoxy groups -OCH3 is 1. The fourth-order valence-electron chi connectivity index (χ4n) is 1.68. The van der Waals surface area contributed by atoms with Crippen molar-refractivity contribution in [2.45, 2.75) is 19.8 Å². The molecular formula is C14H22N4O. The Morgan fingerprint density at radius 3 is 2.95 bits per heavy atom. The van der Waals surface area contributed by atoms with Crippen molar-refractivity contribution in [2.75, 3.05) is 43.6 Å². The summed E-state index contributed by atoms with van der Waals surface area (Å²) in [6.07, 6.45) is 1.55. The Kier molecular flexibility index (Phi) is 7.37. The van der Waals surface area contributed by atoms with Gasteiger partial charge in [-0.25, -0.2) is 4.98 Å². The van der Waals surface area contributed by atoms with Gasteiger partial charge in [0.2, 0.25) is 0 Å². The van der Waals surface area contributed by atoms with Crippen LogP contribution >= 0.6 is 0 Å². The van der Waals surface area contributed by atoms with E-state index in [9.17, 15) is 0 Å². The van der Waals surface area contributed by atoms with E-state index in [-0.39, 0.29) is 0 Å². The van der Waals surface area contributed by atoms with Gasteiger partial charge in [0.25, 0.3) is 0 Å². The summed E-state index contributed by atoms with van der Waals surface area (Å²) in [4.78, 5) is 6.64. The van der Waals surface area contributed by atoms with Crippen molar-refractivity contribution in [1.82, 2.24) is 4.98 Å². The lowest BCUT2D eigenvalue weighted by Gasteiger charge is -2.22. The molecule has 0 saturated carbocycles. The minimum Gasteiger partial charge on any atom is -0.383 e. The van der Waals surface area contributed by atoms with E-state index in [0.29, 0.717) is 19.6 Å². The SMILES string of the molecule is CCCNc1cccc(N(CCC#N)CCOC)n1. The van der Waals surface area contributed by atoms with E-state index in [2.05, 4.69) is 28.2 Å². The molecule has 1 N–H and O–H groups in total. The van der Waals surface area contributed by atoms with Gasteiger partial charge in [-0.05, 0) is 18.6 Å². The Balaban J connectivity index is 2.73. The first-order chi connectivity index (χ1) is 9.31. The molecule has 0 atom stereocenters. The molecule has 19 heavy (non-hydrogen) atoms. The molecule has 0 saturated heterocycles. The van der Waals surface area contributed by atoms with Gasteiger partial charge in [-0.2, -0.15) is 5.26 Å². The second-order valence-electron chi connectivity index (χ2n) is 4.20. The molecule has 104 valence electrons. The summed E-state index contributed by atoms with van der Waals surface area (Å²) < 4.78 is 5.10. The molecular weight excluding hydrogens is 240 g/mol. The monoisotopic (exact) mass is 262 g/mol. The zero-order chi connectivity index (χ0) is 13.9. The van der Waals surface area contributed by atoms with Gasteiger partial charge in [-0.3, -0.25) is 0 Å². The van der Waals surface area contributed by atoms with Crippen molar-refractivity contribution in [3.63, 3.8) is 0 Å². The second kappa shape index (κ2) is 9.17. The largest absolute Gasteiger partial charge is 0.383 e. The van der Waals surface area contributed by atoms with Gasteiger partial charge in [0.1, 0.15) is 11.6 Å². The van der Waals surface area contributed by atoms with E-state index < -0.39 is 0 Å². The van der Waals surface area contributed by atoms with Crippen molar-refractivity contribution >= 4 is 11.6 Å². The highest BCUT2D eigenvalue weighted by Gasteiger charge is 2.08. The van der Waals surface area contributed by atoms with Gasteiger partial charge in [-0.15, -0.1) is 0 Å². The highest BCUT2D eigenvalue weighted by Crippen LogP contribution is 2.14. The van der Waals surface area contributed by atoms with E-state index in [1.807, 2.05) is 18.2 Å². The Morgan fingerprint density at radius 2 is 2.26 bits per heavy atom. The van der Waals surface area contributed by atoms with Crippen molar-refractivity contribution in [3.05, 3.63) is 18.2 Å². The van der Waals surface area contributed by atoms with Crippen LogP contribution in [0.3, 0.4) is 0 Å². The number of hydrogen-bond donors (Lipinski definition) is 1. The fraction of sp³-hybridized carbons (Fsp3) is 0.571.